The zero-order valence-corrected chi connectivity index (χ0v) is 18.9. The van der Waals surface area contributed by atoms with Crippen molar-refractivity contribution in [3.63, 3.8) is 0 Å². The van der Waals surface area contributed by atoms with Gasteiger partial charge in [0.25, 0.3) is 5.91 Å². The summed E-state index contributed by atoms with van der Waals surface area (Å²) in [6.45, 7) is 4.57. The summed E-state index contributed by atoms with van der Waals surface area (Å²) < 4.78 is 13.3. The fourth-order valence-corrected chi connectivity index (χ4v) is 3.68. The standard InChI is InChI=1S/C22H23BrN4O3/c1-14-8-15(2)27(26-14)13-16-6-5-7-18(9-16)22(28)25-24-12-17-10-19(23)21(30-4)20(11-17)29-3/h5-12H,13H2,1-4H3,(H,25,28)/b24-12+. The number of carbonyl (C=O) groups is 1. The number of methoxy groups -OCH3 is 2. The summed E-state index contributed by atoms with van der Waals surface area (Å²) in [6, 6.07) is 13.0. The second-order valence-corrected chi connectivity index (χ2v) is 7.58. The first-order valence-electron chi connectivity index (χ1n) is 9.26. The number of aryl methyl sites for hydroxylation is 2. The van der Waals surface area contributed by atoms with E-state index >= 15 is 0 Å². The van der Waals surface area contributed by atoms with Gasteiger partial charge >= 0.3 is 0 Å². The molecule has 0 saturated heterocycles. The van der Waals surface area contributed by atoms with Gasteiger partial charge in [0.05, 0.1) is 37.1 Å². The molecule has 0 aliphatic carbocycles. The highest BCUT2D eigenvalue weighted by Gasteiger charge is 2.10. The third-order valence-corrected chi connectivity index (χ3v) is 5.05. The molecule has 0 radical (unpaired) electrons. The van der Waals surface area contributed by atoms with Crippen LogP contribution in [0.2, 0.25) is 0 Å². The van der Waals surface area contributed by atoms with Crippen LogP contribution in [0.5, 0.6) is 11.5 Å². The van der Waals surface area contributed by atoms with E-state index in [9.17, 15) is 4.79 Å². The number of carbonyl (C=O) groups excluding carboxylic acids is 1. The van der Waals surface area contributed by atoms with Gasteiger partial charge in [-0.05, 0) is 71.2 Å². The molecule has 156 valence electrons. The molecule has 1 aromatic heterocycles. The highest BCUT2D eigenvalue weighted by atomic mass is 79.9. The molecule has 2 aromatic carbocycles. The smallest absolute Gasteiger partial charge is 0.271 e. The molecule has 0 aliphatic heterocycles. The van der Waals surface area contributed by atoms with Crippen molar-refractivity contribution in [3.05, 3.63) is 75.0 Å². The van der Waals surface area contributed by atoms with Gasteiger partial charge in [-0.15, -0.1) is 0 Å². The van der Waals surface area contributed by atoms with Crippen molar-refractivity contribution in [2.75, 3.05) is 14.2 Å². The van der Waals surface area contributed by atoms with Crippen molar-refractivity contribution in [1.29, 1.82) is 0 Å². The Bertz CT molecular complexity index is 1090. The summed E-state index contributed by atoms with van der Waals surface area (Å²) in [5, 5.41) is 8.53. The predicted molar refractivity (Wildman–Crippen MR) is 120 cm³/mol. The zero-order chi connectivity index (χ0) is 21.7. The van der Waals surface area contributed by atoms with E-state index in [4.69, 9.17) is 9.47 Å². The normalized spacial score (nSPS) is 11.0. The van der Waals surface area contributed by atoms with Crippen molar-refractivity contribution in [2.45, 2.75) is 20.4 Å². The van der Waals surface area contributed by atoms with Gasteiger partial charge in [0.15, 0.2) is 11.5 Å². The number of hydrazone groups is 1. The molecule has 7 nitrogen and oxygen atoms in total. The highest BCUT2D eigenvalue weighted by molar-refractivity contribution is 9.10. The lowest BCUT2D eigenvalue weighted by molar-refractivity contribution is 0.0955. The Hall–Kier alpha value is -3.13. The molecular formula is C22H23BrN4O3. The lowest BCUT2D eigenvalue weighted by Crippen LogP contribution is -2.18. The van der Waals surface area contributed by atoms with E-state index in [1.165, 1.54) is 0 Å². The maximum absolute atomic E-state index is 12.5. The van der Waals surface area contributed by atoms with Crippen molar-refractivity contribution in [1.82, 2.24) is 15.2 Å². The first kappa shape index (κ1) is 21.6. The summed E-state index contributed by atoms with van der Waals surface area (Å²) >= 11 is 3.44. The van der Waals surface area contributed by atoms with E-state index in [1.54, 1.807) is 32.6 Å². The van der Waals surface area contributed by atoms with Gasteiger partial charge in [0.1, 0.15) is 0 Å². The van der Waals surface area contributed by atoms with E-state index in [1.807, 2.05) is 48.9 Å². The van der Waals surface area contributed by atoms with Crippen molar-refractivity contribution in [3.8, 4) is 11.5 Å². The number of nitrogens with one attached hydrogen (secondary N) is 1. The molecule has 0 fully saturated rings. The van der Waals surface area contributed by atoms with E-state index in [-0.39, 0.29) is 5.91 Å². The average Bonchev–Trinajstić information content (AvgIpc) is 3.04. The zero-order valence-electron chi connectivity index (χ0n) is 17.3. The van der Waals surface area contributed by atoms with E-state index in [2.05, 4.69) is 31.6 Å². The van der Waals surface area contributed by atoms with E-state index in [0.29, 0.717) is 23.6 Å². The van der Waals surface area contributed by atoms with E-state index in [0.717, 1.165) is 27.0 Å². The molecule has 0 saturated carbocycles. The van der Waals surface area contributed by atoms with Gasteiger partial charge in [-0.25, -0.2) is 5.43 Å². The summed E-state index contributed by atoms with van der Waals surface area (Å²) in [6.07, 6.45) is 1.55. The third kappa shape index (κ3) is 5.07. The predicted octanol–water partition coefficient (Wildman–Crippen LogP) is 4.09. The molecule has 0 aliphatic rings. The maximum atomic E-state index is 12.5. The Balaban J connectivity index is 1.69. The molecule has 0 atom stereocenters. The quantitative estimate of drug-likeness (QED) is 0.416. The van der Waals surface area contributed by atoms with Crippen molar-refractivity contribution < 1.29 is 14.3 Å². The van der Waals surface area contributed by atoms with Crippen LogP contribution in [0.4, 0.5) is 0 Å². The van der Waals surface area contributed by atoms with Gasteiger partial charge in [0.2, 0.25) is 0 Å². The first-order valence-corrected chi connectivity index (χ1v) is 10.1. The van der Waals surface area contributed by atoms with Gasteiger partial charge < -0.3 is 9.47 Å². The van der Waals surface area contributed by atoms with Crippen LogP contribution in [0.1, 0.15) is 32.9 Å². The Labute approximate surface area is 183 Å². The molecule has 0 bridgehead atoms. The summed E-state index contributed by atoms with van der Waals surface area (Å²) in [5.41, 5.74) is 6.87. The molecule has 0 spiro atoms. The lowest BCUT2D eigenvalue weighted by Gasteiger charge is -2.10. The number of benzene rings is 2. The van der Waals surface area contributed by atoms with Gasteiger partial charge in [0, 0.05) is 11.3 Å². The molecule has 1 N–H and O–H groups in total. The van der Waals surface area contributed by atoms with Crippen LogP contribution < -0.4 is 14.9 Å². The second-order valence-electron chi connectivity index (χ2n) is 6.72. The first-order chi connectivity index (χ1) is 14.4. The summed E-state index contributed by atoms with van der Waals surface area (Å²) in [5.74, 6) is 0.871. The maximum Gasteiger partial charge on any atom is 0.271 e. The van der Waals surface area contributed by atoms with Crippen LogP contribution in [-0.2, 0) is 6.54 Å². The van der Waals surface area contributed by atoms with Gasteiger partial charge in [-0.3, -0.25) is 9.48 Å². The molecule has 1 amide bonds. The molecular weight excluding hydrogens is 448 g/mol. The molecule has 0 unspecified atom stereocenters. The fraction of sp³-hybridized carbons (Fsp3) is 0.227. The van der Waals surface area contributed by atoms with Crippen LogP contribution in [0.15, 0.2) is 52.0 Å². The van der Waals surface area contributed by atoms with Crippen LogP contribution in [0.25, 0.3) is 0 Å². The fourth-order valence-electron chi connectivity index (χ4n) is 3.06. The highest BCUT2D eigenvalue weighted by Crippen LogP contribution is 2.35. The van der Waals surface area contributed by atoms with Gasteiger partial charge in [-0.1, -0.05) is 12.1 Å². The molecule has 30 heavy (non-hydrogen) atoms. The molecule has 3 aromatic rings. The number of nitrogens with zero attached hydrogens (tertiary/aromatic N) is 3. The number of hydrogen-bond donors (Lipinski definition) is 1. The minimum absolute atomic E-state index is 0.291. The van der Waals surface area contributed by atoms with Crippen molar-refractivity contribution in [2.24, 2.45) is 5.10 Å². The number of aromatic nitrogens is 2. The Morgan fingerprint density at radius 3 is 2.67 bits per heavy atom. The molecule has 8 heteroatoms. The number of rotatable bonds is 7. The van der Waals surface area contributed by atoms with Crippen LogP contribution in [-0.4, -0.2) is 36.1 Å². The number of halogens is 1. The minimum atomic E-state index is -0.291. The Morgan fingerprint density at radius 1 is 1.20 bits per heavy atom. The monoisotopic (exact) mass is 470 g/mol. The van der Waals surface area contributed by atoms with E-state index < -0.39 is 0 Å². The minimum Gasteiger partial charge on any atom is -0.493 e. The SMILES string of the molecule is COc1cc(/C=N/NC(=O)c2cccc(Cn3nc(C)cc3C)c2)cc(Br)c1OC. The summed E-state index contributed by atoms with van der Waals surface area (Å²) in [7, 11) is 3.13. The van der Waals surface area contributed by atoms with Crippen LogP contribution in [0, 0.1) is 13.8 Å². The third-order valence-electron chi connectivity index (χ3n) is 4.46. The Kier molecular flexibility index (Phi) is 6.89. The topological polar surface area (TPSA) is 77.7 Å². The molecule has 3 rings (SSSR count). The number of amides is 1. The van der Waals surface area contributed by atoms with Crippen LogP contribution >= 0.6 is 15.9 Å². The second kappa shape index (κ2) is 9.58. The number of hydrogen-bond acceptors (Lipinski definition) is 5. The van der Waals surface area contributed by atoms with Crippen molar-refractivity contribution >= 4 is 28.1 Å². The Morgan fingerprint density at radius 2 is 2.00 bits per heavy atom. The van der Waals surface area contributed by atoms with Crippen LogP contribution in [0.3, 0.4) is 0 Å². The largest absolute Gasteiger partial charge is 0.493 e. The molecule has 1 heterocycles. The lowest BCUT2D eigenvalue weighted by atomic mass is 10.1. The average molecular weight is 471 g/mol. The summed E-state index contributed by atoms with van der Waals surface area (Å²) in [4.78, 5) is 12.5. The van der Waals surface area contributed by atoms with Gasteiger partial charge in [-0.2, -0.15) is 10.2 Å². The number of ether oxygens (including phenoxy) is 2.